The van der Waals surface area contributed by atoms with Crippen molar-refractivity contribution in [3.05, 3.63) is 384 Å². The number of rotatable bonds is 13. The van der Waals surface area contributed by atoms with Crippen molar-refractivity contribution in [2.75, 3.05) is 19.6 Å². The molecule has 16 aromatic rings. The topological polar surface area (TPSA) is 13.0 Å². The Morgan fingerprint density at radius 3 is 0.464 bits per heavy atom. The summed E-state index contributed by atoms with van der Waals surface area (Å²) in [7, 11) is 0. The van der Waals surface area contributed by atoms with Crippen LogP contribution in [0.15, 0.2) is 315 Å². The van der Waals surface area contributed by atoms with Crippen LogP contribution in [0.4, 0.5) is 103 Å². The number of anilines is 12. The molecule has 0 aliphatic heterocycles. The van der Waals surface area contributed by atoms with Crippen LogP contribution in [0, 0.1) is 57.4 Å². The summed E-state index contributed by atoms with van der Waals surface area (Å²) < 4.78 is 126. The first-order chi connectivity index (χ1) is 53.1. The van der Waals surface area contributed by atoms with E-state index in [0.717, 1.165) is 87.6 Å². The molecule has 12 heteroatoms. The zero-order valence-corrected chi connectivity index (χ0v) is 60.8. The maximum atomic E-state index is 15.7. The molecule has 2 aliphatic rings. The molecular weight excluding hydrogens is 1390 g/mol. The molecule has 16 aromatic carbocycles. The lowest BCUT2D eigenvalue weighted by Crippen LogP contribution is -2.62. The molecule has 4 nitrogen and oxygen atoms in total. The lowest BCUT2D eigenvalue weighted by molar-refractivity contribution is 0.0596. The van der Waals surface area contributed by atoms with Gasteiger partial charge in [-0.1, -0.05) is 139 Å². The Morgan fingerprint density at radius 1 is 0.191 bits per heavy atom. The maximum absolute atomic E-state index is 15.7. The van der Waals surface area contributed by atoms with Crippen LogP contribution in [0.2, 0.25) is 0 Å². The molecule has 0 heterocycles. The Labute approximate surface area is 632 Å². The molecule has 0 unspecified atom stereocenters. The van der Waals surface area contributed by atoms with Crippen molar-refractivity contribution in [3.8, 4) is 22.3 Å². The molecule has 2 aliphatic carbocycles. The minimum absolute atomic E-state index is 0.453. The fraction of sp³-hybridized carbons (Fsp3) is 0.102. The van der Waals surface area contributed by atoms with E-state index >= 15 is 35.1 Å². The van der Waals surface area contributed by atoms with E-state index in [9.17, 15) is 0 Å². The van der Waals surface area contributed by atoms with Crippen LogP contribution in [0.3, 0.4) is 0 Å². The first-order valence-corrected chi connectivity index (χ1v) is 36.6. The molecule has 0 bridgehead atoms. The maximum Gasteiger partial charge on any atom is 0.123 e. The number of hydrogen-bond acceptors (Lipinski definition) is 4. The third-order valence-corrected chi connectivity index (χ3v) is 22.7. The number of hydrogen-bond donors (Lipinski definition) is 0. The quantitative estimate of drug-likeness (QED) is 0.107. The van der Waals surface area contributed by atoms with Crippen LogP contribution in [0.1, 0.15) is 63.8 Å². The summed E-state index contributed by atoms with van der Waals surface area (Å²) in [6.07, 6.45) is 0. The van der Waals surface area contributed by atoms with Crippen molar-refractivity contribution >= 4 is 111 Å². The zero-order valence-electron chi connectivity index (χ0n) is 60.8. The fourth-order valence-corrected chi connectivity index (χ4v) is 18.7. The third-order valence-electron chi connectivity index (χ3n) is 22.7. The summed E-state index contributed by atoms with van der Waals surface area (Å²) in [6.45, 7) is 13.8. The molecule has 0 atom stereocenters. The summed E-state index contributed by atoms with van der Waals surface area (Å²) in [6, 6.07) is 92.9. The van der Waals surface area contributed by atoms with Crippen LogP contribution in [-0.2, 0) is 10.8 Å². The van der Waals surface area contributed by atoms with Crippen molar-refractivity contribution < 1.29 is 35.1 Å². The Kier molecular flexibility index (Phi) is 16.3. The fourth-order valence-electron chi connectivity index (χ4n) is 18.7. The minimum Gasteiger partial charge on any atom is -0.310 e. The first-order valence-electron chi connectivity index (χ1n) is 36.6. The van der Waals surface area contributed by atoms with Gasteiger partial charge in [0.1, 0.15) is 46.5 Å². The van der Waals surface area contributed by atoms with E-state index in [1.54, 1.807) is 97.1 Å². The second kappa shape index (κ2) is 26.0. The molecular formula is C98H70F8N4. The largest absolute Gasteiger partial charge is 0.310 e. The van der Waals surface area contributed by atoms with E-state index in [2.05, 4.69) is 134 Å². The van der Waals surface area contributed by atoms with Gasteiger partial charge in [0.25, 0.3) is 0 Å². The SMILES string of the molecule is CC(C)(C)C1(C2(C(C)(C)C)c3cc(N(c4ccc(F)cc4)c4ccc(F)cc4)c4ccccc4c3-c3c2cc(N(c2ccc(F)cc2)c2ccc(F)cc2)c2ccccc32)c2cc(N(c3ccc(F)cc3)c3ccc(F)cc3)c3ccccc3c2-c2c1cc(N(c1ccc(F)cc1)c1ccc(F)cc1)c1ccccc21. The van der Waals surface area contributed by atoms with Gasteiger partial charge < -0.3 is 19.6 Å². The zero-order chi connectivity index (χ0) is 75.9. The molecule has 0 spiro atoms. The highest BCUT2D eigenvalue weighted by molar-refractivity contribution is 6.22. The average molecular weight is 1460 g/mol. The lowest BCUT2D eigenvalue weighted by atomic mass is 9.39. The van der Waals surface area contributed by atoms with E-state index in [1.165, 1.54) is 97.1 Å². The van der Waals surface area contributed by atoms with Crippen LogP contribution < -0.4 is 19.6 Å². The standard InChI is InChI=1S/C98H70F8N4/c1-95(2,3)97(83-55-87(107(67-39-23-59(99)24-40-67)68-41-25-60(100)26-42-68)75-15-7-11-19-79(75)91(83)92-80-20-12-8-16-76(80)88(56-84(92)97)108(69-43-27-61(101)28-44-69)70-45-29-62(102)30-46-70)98(96(4,5)6)85-57-89(109(71-47-31-63(103)32-48-71)72-49-33-64(104)34-50-72)77-17-9-13-21-81(77)93(85)94-82-22-14-10-18-78(82)90(58-86(94)98)110(73-51-35-65(105)36-52-73)74-53-37-66(106)38-54-74/h7-58H,1-6H3. The van der Waals surface area contributed by atoms with Crippen molar-refractivity contribution in [2.45, 2.75) is 52.4 Å². The Morgan fingerprint density at radius 2 is 0.327 bits per heavy atom. The van der Waals surface area contributed by atoms with Crippen LogP contribution in [0.25, 0.3) is 65.3 Å². The second-order valence-corrected chi connectivity index (χ2v) is 30.6. The summed E-state index contributed by atoms with van der Waals surface area (Å²) in [5.41, 5.74) is 9.51. The molecule has 538 valence electrons. The average Bonchev–Trinajstić information content (AvgIpc) is 1.45. The Hall–Kier alpha value is -12.8. The van der Waals surface area contributed by atoms with Gasteiger partial charge >= 0.3 is 0 Å². The predicted octanol–water partition coefficient (Wildman–Crippen LogP) is 28.6. The third kappa shape index (κ3) is 10.6. The van der Waals surface area contributed by atoms with Gasteiger partial charge in [-0.25, -0.2) is 35.1 Å². The number of halogens is 8. The highest BCUT2D eigenvalue weighted by Gasteiger charge is 2.72. The molecule has 0 aromatic heterocycles. The normalized spacial score (nSPS) is 13.3. The smallest absolute Gasteiger partial charge is 0.123 e. The highest BCUT2D eigenvalue weighted by atomic mass is 19.2. The molecule has 110 heavy (non-hydrogen) atoms. The summed E-state index contributed by atoms with van der Waals surface area (Å²) in [5, 5.41) is 6.66. The predicted molar refractivity (Wildman–Crippen MR) is 433 cm³/mol. The van der Waals surface area contributed by atoms with Crippen molar-refractivity contribution in [2.24, 2.45) is 10.8 Å². The van der Waals surface area contributed by atoms with Gasteiger partial charge in [0.15, 0.2) is 0 Å². The van der Waals surface area contributed by atoms with Gasteiger partial charge in [0, 0.05) is 77.9 Å². The highest BCUT2D eigenvalue weighted by Crippen LogP contribution is 2.78. The van der Waals surface area contributed by atoms with Crippen LogP contribution in [-0.4, -0.2) is 0 Å². The van der Waals surface area contributed by atoms with Gasteiger partial charge in [-0.3, -0.25) is 0 Å². The van der Waals surface area contributed by atoms with Gasteiger partial charge in [-0.15, -0.1) is 0 Å². The molecule has 0 amide bonds. The Balaban J connectivity index is 1.12. The molecule has 0 fully saturated rings. The van der Waals surface area contributed by atoms with Crippen LogP contribution in [0.5, 0.6) is 0 Å². The second-order valence-electron chi connectivity index (χ2n) is 30.6. The number of benzene rings is 16. The Bertz CT molecular complexity index is 5380. The monoisotopic (exact) mass is 1450 g/mol. The van der Waals surface area contributed by atoms with Crippen molar-refractivity contribution in [1.82, 2.24) is 0 Å². The van der Waals surface area contributed by atoms with E-state index < -0.39 is 68.2 Å². The van der Waals surface area contributed by atoms with Crippen molar-refractivity contribution in [3.63, 3.8) is 0 Å². The summed E-state index contributed by atoms with van der Waals surface area (Å²) in [4.78, 5) is 8.26. The van der Waals surface area contributed by atoms with Gasteiger partial charge in [0.05, 0.1) is 22.7 Å². The molecule has 18 rings (SSSR count). The molecule has 0 N–H and O–H groups in total. The van der Waals surface area contributed by atoms with Gasteiger partial charge in [-0.2, -0.15) is 0 Å². The van der Waals surface area contributed by atoms with E-state index in [0.29, 0.717) is 68.2 Å². The summed E-state index contributed by atoms with van der Waals surface area (Å²) in [5.74, 6) is -3.62. The van der Waals surface area contributed by atoms with Gasteiger partial charge in [-0.05, 0) is 295 Å². The first kappa shape index (κ1) is 69.0. The van der Waals surface area contributed by atoms with Crippen molar-refractivity contribution in [1.29, 1.82) is 0 Å². The van der Waals surface area contributed by atoms with E-state index in [1.807, 2.05) is 48.5 Å². The van der Waals surface area contributed by atoms with Crippen LogP contribution >= 0.6 is 0 Å². The molecule has 0 saturated heterocycles. The van der Waals surface area contributed by atoms with Gasteiger partial charge in [0.2, 0.25) is 0 Å². The molecule has 0 saturated carbocycles. The molecule has 0 radical (unpaired) electrons. The number of nitrogens with zero attached hydrogens (tertiary/aromatic N) is 4. The van der Waals surface area contributed by atoms with E-state index in [4.69, 9.17) is 0 Å². The lowest BCUT2D eigenvalue weighted by Gasteiger charge is -2.62. The summed E-state index contributed by atoms with van der Waals surface area (Å²) >= 11 is 0. The number of fused-ring (bicyclic) bond motifs is 14. The minimum atomic E-state index is -1.47. The van der Waals surface area contributed by atoms with E-state index in [-0.39, 0.29) is 0 Å².